The first kappa shape index (κ1) is 19.0. The predicted molar refractivity (Wildman–Crippen MR) is 99.1 cm³/mol. The normalized spacial score (nSPS) is 25.7. The average molecular weight is 335 g/mol. The Bertz CT molecular complexity index is 595. The summed E-state index contributed by atoms with van der Waals surface area (Å²) in [6, 6.07) is 0.0884. The Balaban J connectivity index is 2.69. The number of carboxylic acids is 1. The standard InChI is InChI=1S/C20H34N2O2/c1-18(2,3)14-13-10-12(16(23)24)11-22(13)17(20(7,8)9)21-15(14)19(4,5)6/h12,15H,10-11H2,1-9H3,(H,23,24). The molecule has 0 bridgehead atoms. The Morgan fingerprint density at radius 2 is 1.58 bits per heavy atom. The van der Waals surface area contributed by atoms with Crippen LogP contribution in [-0.2, 0) is 4.79 Å². The first-order chi connectivity index (χ1) is 10.6. The fourth-order valence-corrected chi connectivity index (χ4v) is 3.86. The third kappa shape index (κ3) is 3.38. The second-order valence-corrected chi connectivity index (χ2v) is 10.4. The Morgan fingerprint density at radius 1 is 1.04 bits per heavy atom. The SMILES string of the molecule is CC(C)(C)C1=NC(C(C)(C)C)C(C(C)(C)C)=C2CC(C(=O)O)CN12. The highest BCUT2D eigenvalue weighted by Crippen LogP contribution is 2.48. The second-order valence-electron chi connectivity index (χ2n) is 10.4. The summed E-state index contributed by atoms with van der Waals surface area (Å²) < 4.78 is 0. The zero-order valence-electron chi connectivity index (χ0n) is 16.8. The van der Waals surface area contributed by atoms with Gasteiger partial charge in [-0.25, -0.2) is 0 Å². The minimum atomic E-state index is -0.703. The molecular formula is C20H34N2O2. The van der Waals surface area contributed by atoms with Gasteiger partial charge in [-0.2, -0.15) is 0 Å². The van der Waals surface area contributed by atoms with Crippen LogP contribution in [0.4, 0.5) is 0 Å². The Morgan fingerprint density at radius 3 is 1.96 bits per heavy atom. The number of aliphatic imine (C=N–C) groups is 1. The minimum Gasteiger partial charge on any atom is -0.481 e. The van der Waals surface area contributed by atoms with E-state index in [2.05, 4.69) is 67.2 Å². The molecule has 0 aromatic carbocycles. The summed E-state index contributed by atoms with van der Waals surface area (Å²) >= 11 is 0. The topological polar surface area (TPSA) is 52.9 Å². The van der Waals surface area contributed by atoms with Crippen LogP contribution in [0.15, 0.2) is 16.3 Å². The Kier molecular flexibility index (Phi) is 4.44. The molecule has 2 heterocycles. The molecule has 0 amide bonds. The molecule has 0 aromatic rings. The van der Waals surface area contributed by atoms with Crippen molar-refractivity contribution in [3.63, 3.8) is 0 Å². The van der Waals surface area contributed by atoms with Crippen molar-refractivity contribution in [1.82, 2.24) is 4.90 Å². The maximum atomic E-state index is 11.6. The molecule has 1 fully saturated rings. The quantitative estimate of drug-likeness (QED) is 0.764. The number of nitrogens with zero attached hydrogens (tertiary/aromatic N) is 2. The van der Waals surface area contributed by atoms with E-state index in [4.69, 9.17) is 4.99 Å². The van der Waals surface area contributed by atoms with Gasteiger partial charge in [-0.15, -0.1) is 0 Å². The van der Waals surface area contributed by atoms with Crippen molar-refractivity contribution < 1.29 is 9.90 Å². The second kappa shape index (κ2) is 5.60. The number of fused-ring (bicyclic) bond motifs is 1. The van der Waals surface area contributed by atoms with Crippen LogP contribution in [0, 0.1) is 22.2 Å². The number of aliphatic carboxylic acids is 1. The highest BCUT2D eigenvalue weighted by atomic mass is 16.4. The summed E-state index contributed by atoms with van der Waals surface area (Å²) in [7, 11) is 0. The van der Waals surface area contributed by atoms with Gasteiger partial charge in [0.15, 0.2) is 0 Å². The Hall–Kier alpha value is -1.32. The molecule has 0 aromatic heterocycles. The van der Waals surface area contributed by atoms with E-state index < -0.39 is 5.97 Å². The molecule has 2 aliphatic heterocycles. The fraction of sp³-hybridized carbons (Fsp3) is 0.800. The molecule has 4 heteroatoms. The summed E-state index contributed by atoms with van der Waals surface area (Å²) in [6.45, 7) is 20.4. The smallest absolute Gasteiger partial charge is 0.308 e. The van der Waals surface area contributed by atoms with Gasteiger partial charge in [0.25, 0.3) is 0 Å². The number of carboxylic acid groups (broad SMARTS) is 1. The molecule has 2 atom stereocenters. The molecule has 2 rings (SSSR count). The molecule has 136 valence electrons. The van der Waals surface area contributed by atoms with E-state index in [0.717, 1.165) is 5.84 Å². The average Bonchev–Trinajstić information content (AvgIpc) is 2.76. The van der Waals surface area contributed by atoms with Gasteiger partial charge in [0.1, 0.15) is 5.84 Å². The first-order valence-corrected chi connectivity index (χ1v) is 8.96. The van der Waals surface area contributed by atoms with Crippen LogP contribution in [-0.4, -0.2) is 34.4 Å². The Labute approximate surface area is 147 Å². The summed E-state index contributed by atoms with van der Waals surface area (Å²) in [5, 5.41) is 9.58. The van der Waals surface area contributed by atoms with E-state index in [9.17, 15) is 9.90 Å². The summed E-state index contributed by atoms with van der Waals surface area (Å²) in [4.78, 5) is 19.1. The molecule has 1 N–H and O–H groups in total. The molecule has 0 radical (unpaired) electrons. The maximum Gasteiger partial charge on any atom is 0.308 e. The molecule has 0 saturated carbocycles. The van der Waals surface area contributed by atoms with Gasteiger partial charge < -0.3 is 10.0 Å². The molecule has 2 aliphatic rings. The van der Waals surface area contributed by atoms with E-state index in [0.29, 0.717) is 13.0 Å². The molecule has 1 saturated heterocycles. The molecule has 0 spiro atoms. The van der Waals surface area contributed by atoms with Crippen LogP contribution in [0.1, 0.15) is 68.7 Å². The van der Waals surface area contributed by atoms with Crippen LogP contribution in [0.3, 0.4) is 0 Å². The van der Waals surface area contributed by atoms with Crippen molar-refractivity contribution in [2.24, 2.45) is 27.2 Å². The molecule has 24 heavy (non-hydrogen) atoms. The van der Waals surface area contributed by atoms with Crippen molar-refractivity contribution in [1.29, 1.82) is 0 Å². The minimum absolute atomic E-state index is 0.000483. The van der Waals surface area contributed by atoms with Crippen molar-refractivity contribution in [2.75, 3.05) is 6.54 Å². The van der Waals surface area contributed by atoms with Crippen LogP contribution in [0.25, 0.3) is 0 Å². The highest BCUT2D eigenvalue weighted by Gasteiger charge is 2.47. The van der Waals surface area contributed by atoms with Crippen molar-refractivity contribution in [2.45, 2.75) is 74.8 Å². The number of allylic oxidation sites excluding steroid dienone is 1. The lowest BCUT2D eigenvalue weighted by atomic mass is 9.70. The summed E-state index contributed by atoms with van der Waals surface area (Å²) in [6.07, 6.45) is 0.615. The number of rotatable bonds is 1. The van der Waals surface area contributed by atoms with Gasteiger partial charge >= 0.3 is 5.97 Å². The molecule has 4 nitrogen and oxygen atoms in total. The molecule has 0 aliphatic carbocycles. The lowest BCUT2D eigenvalue weighted by molar-refractivity contribution is -0.141. The third-order valence-corrected chi connectivity index (χ3v) is 4.91. The number of hydrogen-bond acceptors (Lipinski definition) is 3. The monoisotopic (exact) mass is 334 g/mol. The van der Waals surface area contributed by atoms with E-state index >= 15 is 0 Å². The van der Waals surface area contributed by atoms with Crippen molar-refractivity contribution in [3.05, 3.63) is 11.3 Å². The lowest BCUT2D eigenvalue weighted by Gasteiger charge is -2.45. The van der Waals surface area contributed by atoms with Gasteiger partial charge in [0, 0.05) is 24.1 Å². The number of carbonyl (C=O) groups is 1. The van der Waals surface area contributed by atoms with E-state index in [1.165, 1.54) is 11.3 Å². The zero-order chi connectivity index (χ0) is 18.7. The van der Waals surface area contributed by atoms with E-state index in [-0.39, 0.29) is 28.2 Å². The van der Waals surface area contributed by atoms with Crippen LogP contribution in [0.5, 0.6) is 0 Å². The van der Waals surface area contributed by atoms with Crippen LogP contribution in [0.2, 0.25) is 0 Å². The first-order valence-electron chi connectivity index (χ1n) is 8.96. The van der Waals surface area contributed by atoms with Crippen molar-refractivity contribution >= 4 is 11.8 Å². The van der Waals surface area contributed by atoms with Gasteiger partial charge in [-0.3, -0.25) is 9.79 Å². The van der Waals surface area contributed by atoms with Gasteiger partial charge in [0.05, 0.1) is 12.0 Å². The zero-order valence-corrected chi connectivity index (χ0v) is 16.8. The van der Waals surface area contributed by atoms with E-state index in [1.54, 1.807) is 0 Å². The van der Waals surface area contributed by atoms with Crippen molar-refractivity contribution in [3.8, 4) is 0 Å². The molecule has 2 unspecified atom stereocenters. The van der Waals surface area contributed by atoms with Crippen LogP contribution < -0.4 is 0 Å². The number of hydrogen-bond donors (Lipinski definition) is 1. The molecular weight excluding hydrogens is 300 g/mol. The summed E-state index contributed by atoms with van der Waals surface area (Å²) in [5.41, 5.74) is 2.37. The number of amidine groups is 1. The highest BCUT2D eigenvalue weighted by molar-refractivity contribution is 5.91. The van der Waals surface area contributed by atoms with Gasteiger partial charge in [-0.05, 0) is 16.4 Å². The third-order valence-electron chi connectivity index (χ3n) is 4.91. The van der Waals surface area contributed by atoms with Gasteiger partial charge in [0.2, 0.25) is 0 Å². The van der Waals surface area contributed by atoms with Crippen LogP contribution >= 0.6 is 0 Å². The van der Waals surface area contributed by atoms with E-state index in [1.807, 2.05) is 0 Å². The largest absolute Gasteiger partial charge is 0.481 e. The lowest BCUT2D eigenvalue weighted by Crippen LogP contribution is -2.47. The fourth-order valence-electron chi connectivity index (χ4n) is 3.86. The van der Waals surface area contributed by atoms with Gasteiger partial charge in [-0.1, -0.05) is 62.3 Å². The maximum absolute atomic E-state index is 11.6. The summed E-state index contributed by atoms with van der Waals surface area (Å²) in [5.74, 6) is -0.0106. The predicted octanol–water partition coefficient (Wildman–Crippen LogP) is 4.57.